The first-order valence-corrected chi connectivity index (χ1v) is 5.63. The van der Waals surface area contributed by atoms with Crippen molar-refractivity contribution in [3.05, 3.63) is 34.9 Å². The molecule has 3 nitrogen and oxygen atoms in total. The van der Waals surface area contributed by atoms with E-state index in [9.17, 15) is 9.90 Å². The van der Waals surface area contributed by atoms with Gasteiger partial charge in [-0.2, -0.15) is 0 Å². The minimum Gasteiger partial charge on any atom is -0.386 e. The van der Waals surface area contributed by atoms with E-state index in [0.29, 0.717) is 12.8 Å². The molecule has 0 radical (unpaired) electrons. The van der Waals surface area contributed by atoms with Gasteiger partial charge in [0.15, 0.2) is 0 Å². The number of amides is 1. The van der Waals surface area contributed by atoms with E-state index in [1.54, 1.807) is 0 Å². The van der Waals surface area contributed by atoms with Crippen LogP contribution in [0.15, 0.2) is 18.2 Å². The van der Waals surface area contributed by atoms with Crippen molar-refractivity contribution in [2.24, 2.45) is 0 Å². The highest BCUT2D eigenvalue weighted by molar-refractivity contribution is 5.78. The van der Waals surface area contributed by atoms with Crippen LogP contribution < -0.4 is 5.32 Å². The topological polar surface area (TPSA) is 49.3 Å². The molecular weight excluding hydrogens is 202 g/mol. The third kappa shape index (κ3) is 1.95. The SMILES string of the molecule is Cc1cccc([C@@H](O)[C@@H]2CCC(=O)N2)c1C. The van der Waals surface area contributed by atoms with Crippen molar-refractivity contribution in [3.63, 3.8) is 0 Å². The lowest BCUT2D eigenvalue weighted by molar-refractivity contribution is -0.119. The largest absolute Gasteiger partial charge is 0.386 e. The molecule has 2 atom stereocenters. The molecule has 1 heterocycles. The van der Waals surface area contributed by atoms with E-state index in [1.165, 1.54) is 5.56 Å². The lowest BCUT2D eigenvalue weighted by Crippen LogP contribution is -2.31. The molecule has 1 aromatic rings. The number of carbonyl (C=O) groups excluding carboxylic acids is 1. The lowest BCUT2D eigenvalue weighted by Gasteiger charge is -2.21. The summed E-state index contributed by atoms with van der Waals surface area (Å²) in [6, 6.07) is 5.77. The summed E-state index contributed by atoms with van der Waals surface area (Å²) in [5.41, 5.74) is 3.20. The van der Waals surface area contributed by atoms with Crippen LogP contribution in [0.2, 0.25) is 0 Å². The molecule has 3 heteroatoms. The van der Waals surface area contributed by atoms with Crippen molar-refractivity contribution in [2.75, 3.05) is 0 Å². The average Bonchev–Trinajstić information content (AvgIpc) is 2.68. The highest BCUT2D eigenvalue weighted by Gasteiger charge is 2.29. The fourth-order valence-corrected chi connectivity index (χ4v) is 2.19. The summed E-state index contributed by atoms with van der Waals surface area (Å²) in [5.74, 6) is 0.0364. The molecule has 0 unspecified atom stereocenters. The van der Waals surface area contributed by atoms with Gasteiger partial charge in [0.05, 0.1) is 12.1 Å². The molecule has 1 saturated heterocycles. The van der Waals surface area contributed by atoms with E-state index in [-0.39, 0.29) is 11.9 Å². The summed E-state index contributed by atoms with van der Waals surface area (Å²) in [7, 11) is 0. The second-order valence-corrected chi connectivity index (χ2v) is 4.45. The minimum atomic E-state index is -0.591. The molecule has 0 aromatic heterocycles. The molecule has 2 N–H and O–H groups in total. The van der Waals surface area contributed by atoms with Crippen molar-refractivity contribution in [3.8, 4) is 0 Å². The van der Waals surface area contributed by atoms with Gasteiger partial charge in [-0.15, -0.1) is 0 Å². The lowest BCUT2D eigenvalue weighted by atomic mass is 9.94. The summed E-state index contributed by atoms with van der Waals surface area (Å²) in [6.45, 7) is 4.03. The average molecular weight is 219 g/mol. The summed E-state index contributed by atoms with van der Waals surface area (Å²) in [6.07, 6.45) is 0.645. The molecule has 0 saturated carbocycles. The van der Waals surface area contributed by atoms with E-state index >= 15 is 0 Å². The predicted octanol–water partition coefficient (Wildman–Crippen LogP) is 1.62. The fourth-order valence-electron chi connectivity index (χ4n) is 2.19. The number of benzene rings is 1. The number of aliphatic hydroxyl groups excluding tert-OH is 1. The second-order valence-electron chi connectivity index (χ2n) is 4.45. The van der Waals surface area contributed by atoms with Crippen LogP contribution in [0.3, 0.4) is 0 Å². The van der Waals surface area contributed by atoms with Gasteiger partial charge in [0.2, 0.25) is 5.91 Å². The smallest absolute Gasteiger partial charge is 0.220 e. The number of rotatable bonds is 2. The van der Waals surface area contributed by atoms with Crippen LogP contribution in [0, 0.1) is 13.8 Å². The zero-order chi connectivity index (χ0) is 11.7. The molecule has 0 bridgehead atoms. The Morgan fingerprint density at radius 1 is 1.44 bits per heavy atom. The Balaban J connectivity index is 2.23. The van der Waals surface area contributed by atoms with Crippen LogP contribution in [0.5, 0.6) is 0 Å². The quantitative estimate of drug-likeness (QED) is 0.794. The van der Waals surface area contributed by atoms with Gasteiger partial charge in [0.1, 0.15) is 0 Å². The molecule has 86 valence electrons. The highest BCUT2D eigenvalue weighted by Crippen LogP contribution is 2.27. The van der Waals surface area contributed by atoms with Crippen LogP contribution in [0.1, 0.15) is 35.6 Å². The maximum absolute atomic E-state index is 11.1. The van der Waals surface area contributed by atoms with Crippen LogP contribution >= 0.6 is 0 Å². The maximum atomic E-state index is 11.1. The molecule has 1 amide bonds. The second kappa shape index (κ2) is 4.26. The molecule has 1 aliphatic heterocycles. The molecule has 0 aliphatic carbocycles. The van der Waals surface area contributed by atoms with Gasteiger partial charge in [-0.05, 0) is 37.0 Å². The molecule has 1 aromatic carbocycles. The van der Waals surface area contributed by atoms with E-state index in [1.807, 2.05) is 32.0 Å². The van der Waals surface area contributed by atoms with E-state index in [4.69, 9.17) is 0 Å². The standard InChI is InChI=1S/C13H17NO2/c1-8-4-3-5-10(9(8)2)13(16)11-6-7-12(15)14-11/h3-5,11,13,16H,6-7H2,1-2H3,(H,14,15)/t11-,13+/m0/s1. The third-order valence-corrected chi connectivity index (χ3v) is 3.38. The molecule has 0 spiro atoms. The van der Waals surface area contributed by atoms with E-state index < -0.39 is 6.10 Å². The zero-order valence-corrected chi connectivity index (χ0v) is 9.66. The Morgan fingerprint density at radius 2 is 2.19 bits per heavy atom. The Hall–Kier alpha value is -1.35. The molecule has 1 fully saturated rings. The van der Waals surface area contributed by atoms with Gasteiger partial charge < -0.3 is 10.4 Å². The van der Waals surface area contributed by atoms with Crippen LogP contribution in [-0.4, -0.2) is 17.1 Å². The number of hydrogen-bond acceptors (Lipinski definition) is 2. The first-order chi connectivity index (χ1) is 7.59. The van der Waals surface area contributed by atoms with Crippen molar-refractivity contribution in [1.82, 2.24) is 5.32 Å². The van der Waals surface area contributed by atoms with Crippen molar-refractivity contribution in [1.29, 1.82) is 0 Å². The maximum Gasteiger partial charge on any atom is 0.220 e. The monoisotopic (exact) mass is 219 g/mol. The Morgan fingerprint density at radius 3 is 2.81 bits per heavy atom. The number of hydrogen-bond donors (Lipinski definition) is 2. The number of aryl methyl sites for hydroxylation is 1. The van der Waals surface area contributed by atoms with Gasteiger partial charge in [0, 0.05) is 6.42 Å². The van der Waals surface area contributed by atoms with Gasteiger partial charge in [0.25, 0.3) is 0 Å². The van der Waals surface area contributed by atoms with Crippen LogP contribution in [0.25, 0.3) is 0 Å². The summed E-state index contributed by atoms with van der Waals surface area (Å²) in [4.78, 5) is 11.1. The Kier molecular flexibility index (Phi) is 2.97. The van der Waals surface area contributed by atoms with Gasteiger partial charge in [-0.1, -0.05) is 18.2 Å². The third-order valence-electron chi connectivity index (χ3n) is 3.38. The summed E-state index contributed by atoms with van der Waals surface area (Å²) >= 11 is 0. The van der Waals surface area contributed by atoms with Crippen LogP contribution in [0.4, 0.5) is 0 Å². The number of nitrogens with one attached hydrogen (secondary N) is 1. The summed E-state index contributed by atoms with van der Waals surface area (Å²) in [5, 5.41) is 13.0. The van der Waals surface area contributed by atoms with Crippen molar-refractivity contribution < 1.29 is 9.90 Å². The van der Waals surface area contributed by atoms with E-state index in [0.717, 1.165) is 11.1 Å². The molecule has 2 rings (SSSR count). The molecular formula is C13H17NO2. The Bertz CT molecular complexity index is 414. The normalized spacial score (nSPS) is 21.9. The van der Waals surface area contributed by atoms with Gasteiger partial charge in [-0.25, -0.2) is 0 Å². The first-order valence-electron chi connectivity index (χ1n) is 5.63. The first kappa shape index (κ1) is 11.1. The van der Waals surface area contributed by atoms with E-state index in [2.05, 4.69) is 5.32 Å². The Labute approximate surface area is 95.5 Å². The zero-order valence-electron chi connectivity index (χ0n) is 9.66. The fraction of sp³-hybridized carbons (Fsp3) is 0.462. The summed E-state index contributed by atoms with van der Waals surface area (Å²) < 4.78 is 0. The molecule has 1 aliphatic rings. The van der Waals surface area contributed by atoms with Gasteiger partial charge in [-0.3, -0.25) is 4.79 Å². The van der Waals surface area contributed by atoms with Crippen molar-refractivity contribution in [2.45, 2.75) is 38.8 Å². The highest BCUT2D eigenvalue weighted by atomic mass is 16.3. The van der Waals surface area contributed by atoms with Crippen LogP contribution in [-0.2, 0) is 4.79 Å². The van der Waals surface area contributed by atoms with Gasteiger partial charge >= 0.3 is 0 Å². The number of carbonyl (C=O) groups is 1. The minimum absolute atomic E-state index is 0.0364. The number of aliphatic hydroxyl groups is 1. The predicted molar refractivity (Wildman–Crippen MR) is 62.0 cm³/mol. The van der Waals surface area contributed by atoms with Crippen molar-refractivity contribution >= 4 is 5.91 Å². The molecule has 16 heavy (non-hydrogen) atoms.